The maximum Gasteiger partial charge on any atom is 0.136 e. The van der Waals surface area contributed by atoms with Crippen LogP contribution in [0.4, 0.5) is 5.82 Å². The van der Waals surface area contributed by atoms with E-state index in [1.807, 2.05) is 0 Å². The van der Waals surface area contributed by atoms with Crippen molar-refractivity contribution in [3.05, 3.63) is 22.9 Å². The molecule has 1 fully saturated rings. The topological polar surface area (TPSA) is 50.9 Å². The third kappa shape index (κ3) is 2.66. The van der Waals surface area contributed by atoms with Crippen molar-refractivity contribution in [2.24, 2.45) is 11.7 Å². The fraction of sp³-hybridized carbons (Fsp3) is 0.625. The van der Waals surface area contributed by atoms with E-state index in [0.717, 1.165) is 24.2 Å². The monoisotopic (exact) mass is 289 g/mol. The van der Waals surface area contributed by atoms with Crippen LogP contribution in [0.15, 0.2) is 6.07 Å². The van der Waals surface area contributed by atoms with Crippen molar-refractivity contribution in [3.63, 3.8) is 0 Å². The van der Waals surface area contributed by atoms with Gasteiger partial charge >= 0.3 is 0 Å². The van der Waals surface area contributed by atoms with Crippen LogP contribution in [-0.2, 0) is 12.8 Å². The van der Waals surface area contributed by atoms with Crippen molar-refractivity contribution in [1.29, 1.82) is 0 Å². The molecule has 2 aliphatic carbocycles. The van der Waals surface area contributed by atoms with Crippen molar-refractivity contribution in [1.82, 2.24) is 4.98 Å². The molecule has 1 heterocycles. The molecule has 0 bridgehead atoms. The Labute approximate surface area is 126 Å². The molecule has 3 N–H and O–H groups in total. The second-order valence-corrected chi connectivity index (χ2v) is 6.66. The van der Waals surface area contributed by atoms with Crippen LogP contribution in [0.5, 0.6) is 0 Å². The van der Waals surface area contributed by atoms with Crippen molar-refractivity contribution in [2.45, 2.75) is 57.9 Å². The predicted octanol–water partition coefficient (Wildman–Crippen LogP) is 3.20. The Bertz CT molecular complexity index is 527. The van der Waals surface area contributed by atoms with Gasteiger partial charge in [-0.15, -0.1) is 0 Å². The lowest BCUT2D eigenvalue weighted by Gasteiger charge is -2.30. The van der Waals surface area contributed by atoms with Gasteiger partial charge in [-0.05, 0) is 49.7 Å². The van der Waals surface area contributed by atoms with Crippen molar-refractivity contribution in [3.8, 4) is 0 Å². The minimum atomic E-state index is 0.457. The Hall–Kier alpha value is -1.16. The van der Waals surface area contributed by atoms with Gasteiger partial charge in [-0.1, -0.05) is 32.0 Å². The van der Waals surface area contributed by atoms with Gasteiger partial charge in [0.05, 0.1) is 5.56 Å². The molecule has 0 aliphatic heterocycles. The molecule has 2 unspecified atom stereocenters. The minimum Gasteiger partial charge on any atom is -0.389 e. The van der Waals surface area contributed by atoms with E-state index in [9.17, 15) is 0 Å². The van der Waals surface area contributed by atoms with Crippen LogP contribution in [0, 0.1) is 5.92 Å². The Balaban J connectivity index is 1.89. The number of hydrogen-bond donors (Lipinski definition) is 2. The molecule has 4 heteroatoms. The summed E-state index contributed by atoms with van der Waals surface area (Å²) in [6, 6.07) is 2.66. The number of fused-ring (bicyclic) bond motifs is 1. The summed E-state index contributed by atoms with van der Waals surface area (Å²) in [6.45, 7) is 2.32. The summed E-state index contributed by atoms with van der Waals surface area (Å²) in [5.74, 6) is 1.61. The van der Waals surface area contributed by atoms with Gasteiger partial charge in [0.1, 0.15) is 10.8 Å². The maximum absolute atomic E-state index is 5.90. The molecule has 2 atom stereocenters. The summed E-state index contributed by atoms with van der Waals surface area (Å²) in [4.78, 5) is 5.28. The summed E-state index contributed by atoms with van der Waals surface area (Å²) < 4.78 is 0. The molecule has 0 amide bonds. The van der Waals surface area contributed by atoms with Gasteiger partial charge in [0.15, 0.2) is 0 Å². The summed E-state index contributed by atoms with van der Waals surface area (Å²) in [5, 5.41) is 3.63. The van der Waals surface area contributed by atoms with Crippen LogP contribution >= 0.6 is 12.2 Å². The van der Waals surface area contributed by atoms with Crippen LogP contribution in [0.25, 0.3) is 0 Å². The normalized spacial score (nSPS) is 25.2. The average molecular weight is 289 g/mol. The zero-order chi connectivity index (χ0) is 14.1. The van der Waals surface area contributed by atoms with Crippen LogP contribution < -0.4 is 11.1 Å². The van der Waals surface area contributed by atoms with Gasteiger partial charge < -0.3 is 11.1 Å². The summed E-state index contributed by atoms with van der Waals surface area (Å²) in [7, 11) is 0. The number of rotatable bonds is 3. The highest BCUT2D eigenvalue weighted by Crippen LogP contribution is 2.30. The highest BCUT2D eigenvalue weighted by Gasteiger charge is 2.24. The molecule has 0 radical (unpaired) electrons. The highest BCUT2D eigenvalue weighted by molar-refractivity contribution is 7.80. The minimum absolute atomic E-state index is 0.457. The number of hydrogen-bond acceptors (Lipinski definition) is 3. The van der Waals surface area contributed by atoms with Crippen molar-refractivity contribution >= 4 is 23.0 Å². The Morgan fingerprint density at radius 3 is 2.85 bits per heavy atom. The molecule has 1 saturated carbocycles. The largest absolute Gasteiger partial charge is 0.389 e. The number of anilines is 1. The molecule has 2 aliphatic rings. The van der Waals surface area contributed by atoms with Gasteiger partial charge in [-0.25, -0.2) is 4.98 Å². The molecule has 0 spiro atoms. The summed E-state index contributed by atoms with van der Waals surface area (Å²) in [5.41, 5.74) is 9.39. The summed E-state index contributed by atoms with van der Waals surface area (Å²) in [6.07, 6.45) is 8.55. The number of aryl methyl sites for hydroxylation is 2. The van der Waals surface area contributed by atoms with E-state index < -0.39 is 0 Å². The first-order valence-corrected chi connectivity index (χ1v) is 8.15. The number of aromatic nitrogens is 1. The molecular weight excluding hydrogens is 266 g/mol. The fourth-order valence-corrected chi connectivity index (χ4v) is 3.63. The maximum atomic E-state index is 5.90. The van der Waals surface area contributed by atoms with Crippen LogP contribution in [0.3, 0.4) is 0 Å². The van der Waals surface area contributed by atoms with Crippen molar-refractivity contribution < 1.29 is 0 Å². The Kier molecular flexibility index (Phi) is 3.92. The second-order valence-electron chi connectivity index (χ2n) is 6.22. The summed E-state index contributed by atoms with van der Waals surface area (Å²) >= 11 is 5.22. The second kappa shape index (κ2) is 5.68. The van der Waals surface area contributed by atoms with E-state index in [1.165, 1.54) is 43.4 Å². The van der Waals surface area contributed by atoms with E-state index in [4.69, 9.17) is 22.9 Å². The molecule has 0 saturated heterocycles. The zero-order valence-electron chi connectivity index (χ0n) is 12.1. The molecule has 3 nitrogen and oxygen atoms in total. The predicted molar refractivity (Wildman–Crippen MR) is 87.2 cm³/mol. The molecule has 1 aromatic rings. The lowest BCUT2D eigenvalue weighted by Crippen LogP contribution is -2.32. The smallest absolute Gasteiger partial charge is 0.136 e. The standard InChI is InChI=1S/C16H23N3S/c1-10-5-2-3-7-13(10)18-16-12(15(17)20)9-11-6-4-8-14(11)19-16/h9-10,13H,2-8H2,1H3,(H2,17,20)(H,18,19). The SMILES string of the molecule is CC1CCCCC1Nc1nc2c(cc1C(N)=S)CCC2. The lowest BCUT2D eigenvalue weighted by atomic mass is 9.86. The van der Waals surface area contributed by atoms with E-state index >= 15 is 0 Å². The molecule has 1 aromatic heterocycles. The van der Waals surface area contributed by atoms with Crippen LogP contribution in [0.2, 0.25) is 0 Å². The molecule has 0 aromatic carbocycles. The third-order valence-electron chi connectivity index (χ3n) is 4.75. The first-order chi connectivity index (χ1) is 9.65. The number of nitrogens with zero attached hydrogens (tertiary/aromatic N) is 1. The quantitative estimate of drug-likeness (QED) is 0.839. The van der Waals surface area contributed by atoms with Gasteiger partial charge in [0.2, 0.25) is 0 Å². The molecule has 3 rings (SSSR count). The number of nitrogens with one attached hydrogen (secondary N) is 1. The molecular formula is C16H23N3S. The fourth-order valence-electron chi connectivity index (χ4n) is 3.48. The Morgan fingerprint density at radius 1 is 1.30 bits per heavy atom. The van der Waals surface area contributed by atoms with Gasteiger partial charge in [-0.2, -0.15) is 0 Å². The highest BCUT2D eigenvalue weighted by atomic mass is 32.1. The Morgan fingerprint density at radius 2 is 2.10 bits per heavy atom. The van der Waals surface area contributed by atoms with E-state index in [0.29, 0.717) is 16.9 Å². The van der Waals surface area contributed by atoms with Gasteiger partial charge in [-0.3, -0.25) is 0 Å². The van der Waals surface area contributed by atoms with E-state index in [1.54, 1.807) is 0 Å². The number of pyridine rings is 1. The van der Waals surface area contributed by atoms with Gasteiger partial charge in [0.25, 0.3) is 0 Å². The first-order valence-electron chi connectivity index (χ1n) is 7.74. The van der Waals surface area contributed by atoms with E-state index in [-0.39, 0.29) is 0 Å². The lowest BCUT2D eigenvalue weighted by molar-refractivity contribution is 0.349. The zero-order valence-corrected chi connectivity index (χ0v) is 12.9. The van der Waals surface area contributed by atoms with Crippen molar-refractivity contribution in [2.75, 3.05) is 5.32 Å². The van der Waals surface area contributed by atoms with Crippen LogP contribution in [0.1, 0.15) is 55.8 Å². The average Bonchev–Trinajstić information content (AvgIpc) is 2.87. The number of thiocarbonyl (C=S) groups is 1. The molecule has 20 heavy (non-hydrogen) atoms. The first kappa shape index (κ1) is 13.8. The van der Waals surface area contributed by atoms with E-state index in [2.05, 4.69) is 18.3 Å². The van der Waals surface area contributed by atoms with Crippen LogP contribution in [-0.4, -0.2) is 16.0 Å². The number of nitrogens with two attached hydrogens (primary N) is 1. The van der Waals surface area contributed by atoms with Gasteiger partial charge in [0, 0.05) is 11.7 Å². The molecule has 108 valence electrons. The third-order valence-corrected chi connectivity index (χ3v) is 4.97.